The molecule has 1 atom stereocenters. The van der Waals surface area contributed by atoms with Crippen LogP contribution in [-0.2, 0) is 22.5 Å². The Hall–Kier alpha value is -2.68. The zero-order valence-electron chi connectivity index (χ0n) is 20.2. The number of fused-ring (bicyclic) bond motifs is 3. The van der Waals surface area contributed by atoms with Gasteiger partial charge in [0.15, 0.2) is 5.43 Å². The normalized spacial score (nSPS) is 18.2. The lowest BCUT2D eigenvalue weighted by molar-refractivity contribution is 0.0615. The molecule has 0 amide bonds. The predicted molar refractivity (Wildman–Crippen MR) is 126 cm³/mol. The van der Waals surface area contributed by atoms with Crippen LogP contribution in [0.1, 0.15) is 54.2 Å². The number of carbonyl (C=O) groups is 1. The standard InChI is InChI=1S/C26H33NO7/c1-25(2,13-32-3)23-9-16-8-22(34-15-26(5-6-26)14-33-4)17(12-28)7-18(16)20-10-21(29)19(24(30)31)11-27(20)23/h7-8,10-11,23,28H,5-6,9,12-15H2,1-4H3,(H,30,31)/t23-/m0/s1. The third-order valence-corrected chi connectivity index (χ3v) is 7.15. The molecule has 0 radical (unpaired) electrons. The maximum Gasteiger partial charge on any atom is 0.341 e. The van der Waals surface area contributed by atoms with Crippen LogP contribution in [0.15, 0.2) is 29.2 Å². The van der Waals surface area contributed by atoms with Gasteiger partial charge in [0, 0.05) is 54.5 Å². The molecule has 0 saturated heterocycles. The Morgan fingerprint density at radius 1 is 1.18 bits per heavy atom. The first kappa shape index (κ1) is 24.4. The van der Waals surface area contributed by atoms with Gasteiger partial charge in [0.1, 0.15) is 11.3 Å². The van der Waals surface area contributed by atoms with Gasteiger partial charge < -0.3 is 29.0 Å². The summed E-state index contributed by atoms with van der Waals surface area (Å²) < 4.78 is 18.9. The monoisotopic (exact) mass is 471 g/mol. The lowest BCUT2D eigenvalue weighted by Crippen LogP contribution is -2.37. The van der Waals surface area contributed by atoms with Gasteiger partial charge in [-0.05, 0) is 37.0 Å². The van der Waals surface area contributed by atoms with E-state index in [0.29, 0.717) is 43.2 Å². The van der Waals surface area contributed by atoms with E-state index in [2.05, 4.69) is 13.8 Å². The third kappa shape index (κ3) is 4.50. The first-order valence-electron chi connectivity index (χ1n) is 11.5. The molecule has 4 rings (SSSR count). The molecule has 1 aromatic heterocycles. The number of carboxylic acids is 1. The van der Waals surface area contributed by atoms with E-state index in [9.17, 15) is 19.8 Å². The number of hydrogen-bond donors (Lipinski definition) is 2. The molecule has 2 N–H and O–H groups in total. The summed E-state index contributed by atoms with van der Waals surface area (Å²) in [6, 6.07) is 5.05. The van der Waals surface area contributed by atoms with Crippen LogP contribution >= 0.6 is 0 Å². The Labute approximate surface area is 199 Å². The highest BCUT2D eigenvalue weighted by Crippen LogP contribution is 2.47. The van der Waals surface area contributed by atoms with Crippen LogP contribution in [-0.4, -0.2) is 54.8 Å². The number of rotatable bonds is 10. The number of nitrogens with zero attached hydrogens (tertiary/aromatic N) is 1. The van der Waals surface area contributed by atoms with Crippen molar-refractivity contribution in [3.05, 3.63) is 51.3 Å². The number of aliphatic hydroxyl groups is 1. The maximum atomic E-state index is 12.6. The van der Waals surface area contributed by atoms with Crippen molar-refractivity contribution in [2.75, 3.05) is 34.0 Å². The van der Waals surface area contributed by atoms with E-state index >= 15 is 0 Å². The van der Waals surface area contributed by atoms with Crippen LogP contribution in [0.5, 0.6) is 5.75 Å². The van der Waals surface area contributed by atoms with Gasteiger partial charge in [0.05, 0.1) is 32.1 Å². The minimum Gasteiger partial charge on any atom is -0.493 e. The fourth-order valence-electron chi connectivity index (χ4n) is 4.99. The third-order valence-electron chi connectivity index (χ3n) is 7.15. The molecule has 2 heterocycles. The quantitative estimate of drug-likeness (QED) is 0.548. The SMILES string of the molecule is COCC1(COc2cc3c(cc2CO)-c2cc(=O)c(C(=O)O)cn2[C@H](C(C)(C)COC)C3)CC1. The van der Waals surface area contributed by atoms with Crippen molar-refractivity contribution < 1.29 is 29.2 Å². The minimum atomic E-state index is -1.25. The number of ether oxygens (including phenoxy) is 3. The Morgan fingerprint density at radius 3 is 2.50 bits per heavy atom. The van der Waals surface area contributed by atoms with Crippen molar-refractivity contribution in [1.82, 2.24) is 4.57 Å². The fraction of sp³-hybridized carbons (Fsp3) is 0.538. The average molecular weight is 472 g/mol. The smallest absolute Gasteiger partial charge is 0.341 e. The molecule has 184 valence electrons. The molecule has 1 fully saturated rings. The predicted octanol–water partition coefficient (Wildman–Crippen LogP) is 3.28. The second-order valence-electron chi connectivity index (χ2n) is 10.3. The number of methoxy groups -OCH3 is 2. The van der Waals surface area contributed by atoms with E-state index in [1.165, 1.54) is 12.3 Å². The van der Waals surface area contributed by atoms with Gasteiger partial charge in [0.25, 0.3) is 0 Å². The molecule has 0 spiro atoms. The van der Waals surface area contributed by atoms with Gasteiger partial charge in [-0.2, -0.15) is 0 Å². The van der Waals surface area contributed by atoms with Crippen molar-refractivity contribution in [3.63, 3.8) is 0 Å². The van der Waals surface area contributed by atoms with Gasteiger partial charge in [-0.15, -0.1) is 0 Å². The van der Waals surface area contributed by atoms with E-state index < -0.39 is 11.4 Å². The lowest BCUT2D eigenvalue weighted by Gasteiger charge is -2.41. The summed E-state index contributed by atoms with van der Waals surface area (Å²) in [4.78, 5) is 24.3. The topological polar surface area (TPSA) is 107 Å². The maximum absolute atomic E-state index is 12.6. The van der Waals surface area contributed by atoms with Crippen LogP contribution in [0, 0.1) is 10.8 Å². The van der Waals surface area contributed by atoms with Crippen LogP contribution < -0.4 is 10.2 Å². The van der Waals surface area contributed by atoms with Crippen LogP contribution in [0.2, 0.25) is 0 Å². The molecule has 8 nitrogen and oxygen atoms in total. The Bertz CT molecular complexity index is 1150. The summed E-state index contributed by atoms with van der Waals surface area (Å²) in [5.74, 6) is -0.621. The first-order chi connectivity index (χ1) is 16.1. The molecule has 2 aromatic rings. The van der Waals surface area contributed by atoms with E-state index in [1.54, 1.807) is 14.2 Å². The van der Waals surface area contributed by atoms with E-state index in [4.69, 9.17) is 14.2 Å². The molecule has 1 aromatic carbocycles. The second-order valence-corrected chi connectivity index (χ2v) is 10.3. The number of aromatic carboxylic acids is 1. The van der Waals surface area contributed by atoms with Crippen molar-refractivity contribution in [1.29, 1.82) is 0 Å². The van der Waals surface area contributed by atoms with Crippen molar-refractivity contribution in [2.24, 2.45) is 10.8 Å². The number of hydrogen-bond acceptors (Lipinski definition) is 6. The summed E-state index contributed by atoms with van der Waals surface area (Å²) in [5, 5.41) is 19.6. The average Bonchev–Trinajstić information content (AvgIpc) is 3.55. The number of aromatic nitrogens is 1. The fourth-order valence-corrected chi connectivity index (χ4v) is 4.99. The Kier molecular flexibility index (Phi) is 6.59. The van der Waals surface area contributed by atoms with Crippen molar-refractivity contribution in [3.8, 4) is 17.0 Å². The van der Waals surface area contributed by atoms with E-state index in [0.717, 1.165) is 24.0 Å². The molecule has 1 aliphatic heterocycles. The van der Waals surface area contributed by atoms with Crippen LogP contribution in [0.3, 0.4) is 0 Å². The van der Waals surface area contributed by atoms with Gasteiger partial charge in [0.2, 0.25) is 0 Å². The molecule has 1 aliphatic carbocycles. The molecular weight excluding hydrogens is 438 g/mol. The highest BCUT2D eigenvalue weighted by molar-refractivity contribution is 5.87. The molecule has 2 aliphatic rings. The zero-order chi connectivity index (χ0) is 24.7. The van der Waals surface area contributed by atoms with Gasteiger partial charge in [-0.3, -0.25) is 4.79 Å². The molecule has 8 heteroatoms. The highest BCUT2D eigenvalue weighted by Gasteiger charge is 2.44. The largest absolute Gasteiger partial charge is 0.493 e. The van der Waals surface area contributed by atoms with Gasteiger partial charge >= 0.3 is 5.97 Å². The summed E-state index contributed by atoms with van der Waals surface area (Å²) in [7, 11) is 3.33. The van der Waals surface area contributed by atoms with Crippen LogP contribution in [0.4, 0.5) is 0 Å². The Morgan fingerprint density at radius 2 is 1.91 bits per heavy atom. The summed E-state index contributed by atoms with van der Waals surface area (Å²) in [5.41, 5.74) is 1.92. The van der Waals surface area contributed by atoms with Crippen LogP contribution in [0.25, 0.3) is 11.3 Å². The highest BCUT2D eigenvalue weighted by atomic mass is 16.5. The number of benzene rings is 1. The molecule has 34 heavy (non-hydrogen) atoms. The second kappa shape index (κ2) is 9.17. The van der Waals surface area contributed by atoms with E-state index in [-0.39, 0.29) is 29.0 Å². The zero-order valence-corrected chi connectivity index (χ0v) is 20.2. The summed E-state index contributed by atoms with van der Waals surface area (Å²) >= 11 is 0. The van der Waals surface area contributed by atoms with Crippen molar-refractivity contribution >= 4 is 5.97 Å². The lowest BCUT2D eigenvalue weighted by atomic mass is 9.77. The van der Waals surface area contributed by atoms with Gasteiger partial charge in [-0.25, -0.2) is 4.79 Å². The number of aliphatic hydroxyl groups excluding tert-OH is 1. The molecule has 1 saturated carbocycles. The van der Waals surface area contributed by atoms with E-state index in [1.807, 2.05) is 16.7 Å². The summed E-state index contributed by atoms with van der Waals surface area (Å²) in [6.07, 6.45) is 4.15. The van der Waals surface area contributed by atoms with Crippen molar-refractivity contribution in [2.45, 2.75) is 45.8 Å². The first-order valence-corrected chi connectivity index (χ1v) is 11.5. The number of pyridine rings is 1. The summed E-state index contributed by atoms with van der Waals surface area (Å²) in [6.45, 7) is 5.53. The number of carboxylic acid groups (broad SMARTS) is 1. The minimum absolute atomic E-state index is 0.0352. The molecule has 0 bridgehead atoms. The Balaban J connectivity index is 1.81. The molecular formula is C26H33NO7. The molecule has 0 unspecified atom stereocenters. The van der Waals surface area contributed by atoms with Gasteiger partial charge in [-0.1, -0.05) is 13.8 Å².